The third-order valence-corrected chi connectivity index (χ3v) is 8.21. The maximum Gasteiger partial charge on any atom is 0.155 e. The second-order valence-corrected chi connectivity index (χ2v) is 9.22. The van der Waals surface area contributed by atoms with E-state index in [0.717, 1.165) is 32.1 Å². The molecule has 6 atom stereocenters. The highest BCUT2D eigenvalue weighted by Crippen LogP contribution is 2.65. The summed E-state index contributed by atoms with van der Waals surface area (Å²) in [6.07, 6.45) is 7.98. The second-order valence-electron chi connectivity index (χ2n) is 9.22. The fourth-order valence-electron chi connectivity index (χ4n) is 6.96. The summed E-state index contributed by atoms with van der Waals surface area (Å²) in [5.41, 5.74) is 1.29. The summed E-state index contributed by atoms with van der Waals surface area (Å²) in [5.74, 6) is 1.67. The highest BCUT2D eigenvalue weighted by atomic mass is 16.1. The van der Waals surface area contributed by atoms with Crippen molar-refractivity contribution in [2.45, 2.75) is 65.7 Å². The van der Waals surface area contributed by atoms with E-state index in [-0.39, 0.29) is 34.2 Å². The van der Waals surface area contributed by atoms with E-state index in [1.807, 2.05) is 6.08 Å². The number of carbonyl (C=O) groups is 3. The number of rotatable bonds is 1. The molecule has 0 amide bonds. The van der Waals surface area contributed by atoms with Gasteiger partial charge >= 0.3 is 0 Å². The Balaban J connectivity index is 1.72. The van der Waals surface area contributed by atoms with Crippen molar-refractivity contribution >= 4 is 17.3 Å². The zero-order valence-electron chi connectivity index (χ0n) is 15.1. The smallest absolute Gasteiger partial charge is 0.155 e. The van der Waals surface area contributed by atoms with Crippen molar-refractivity contribution in [3.63, 3.8) is 0 Å². The molecule has 4 rings (SSSR count). The number of Topliss-reactive ketones (excluding diaryl/α,β-unsaturated/α-hetero) is 2. The highest BCUT2D eigenvalue weighted by molar-refractivity contribution is 5.94. The predicted octanol–water partition coefficient (Wildman–Crippen LogP) is 3.90. The molecule has 3 saturated carbocycles. The molecule has 4 aliphatic carbocycles. The molecule has 0 saturated heterocycles. The number of hydrogen-bond acceptors (Lipinski definition) is 3. The van der Waals surface area contributed by atoms with E-state index >= 15 is 0 Å². The first-order chi connectivity index (χ1) is 11.3. The molecule has 0 radical (unpaired) electrons. The molecule has 0 aliphatic heterocycles. The van der Waals surface area contributed by atoms with Crippen molar-refractivity contribution in [3.8, 4) is 0 Å². The summed E-state index contributed by atoms with van der Waals surface area (Å²) >= 11 is 0. The van der Waals surface area contributed by atoms with Gasteiger partial charge in [0.05, 0.1) is 0 Å². The molecule has 0 spiro atoms. The molecule has 0 heterocycles. The third kappa shape index (κ3) is 1.99. The largest absolute Gasteiger partial charge is 0.300 e. The van der Waals surface area contributed by atoms with Gasteiger partial charge in [0.15, 0.2) is 5.78 Å². The Morgan fingerprint density at radius 1 is 1.12 bits per heavy atom. The van der Waals surface area contributed by atoms with Gasteiger partial charge in [0.25, 0.3) is 0 Å². The Kier molecular flexibility index (Phi) is 3.47. The summed E-state index contributed by atoms with van der Waals surface area (Å²) in [6.45, 7) is 6.18. The van der Waals surface area contributed by atoms with Crippen LogP contribution in [0.25, 0.3) is 0 Å². The lowest BCUT2D eigenvalue weighted by atomic mass is 9.46. The van der Waals surface area contributed by atoms with Crippen molar-refractivity contribution in [2.24, 2.45) is 34.5 Å². The first kappa shape index (κ1) is 16.2. The molecule has 0 aromatic rings. The van der Waals surface area contributed by atoms with Crippen LogP contribution in [0.1, 0.15) is 65.7 Å². The molecule has 3 heteroatoms. The van der Waals surface area contributed by atoms with Crippen LogP contribution in [-0.4, -0.2) is 17.3 Å². The van der Waals surface area contributed by atoms with Crippen molar-refractivity contribution in [1.82, 2.24) is 0 Å². The van der Waals surface area contributed by atoms with E-state index in [4.69, 9.17) is 0 Å². The Morgan fingerprint density at radius 2 is 1.88 bits per heavy atom. The van der Waals surface area contributed by atoms with Gasteiger partial charge in [0, 0.05) is 24.7 Å². The lowest BCUT2D eigenvalue weighted by Crippen LogP contribution is -2.52. The fraction of sp³-hybridized carbons (Fsp3) is 0.762. The van der Waals surface area contributed by atoms with Crippen LogP contribution < -0.4 is 0 Å². The molecule has 3 nitrogen and oxygen atoms in total. The summed E-state index contributed by atoms with van der Waals surface area (Å²) in [6, 6.07) is 0. The maximum atomic E-state index is 12.9. The molecule has 3 fully saturated rings. The van der Waals surface area contributed by atoms with Crippen LogP contribution in [-0.2, 0) is 14.4 Å². The Labute approximate surface area is 144 Å². The Hall–Kier alpha value is -1.25. The van der Waals surface area contributed by atoms with Crippen LogP contribution in [0.3, 0.4) is 0 Å². The van der Waals surface area contributed by atoms with E-state index in [0.29, 0.717) is 30.5 Å². The molecule has 0 aromatic carbocycles. The second kappa shape index (κ2) is 5.12. The first-order valence-corrected chi connectivity index (χ1v) is 9.54. The summed E-state index contributed by atoms with van der Waals surface area (Å²) in [5, 5.41) is 0. The van der Waals surface area contributed by atoms with Gasteiger partial charge in [-0.05, 0) is 67.8 Å². The molecule has 4 aliphatic rings. The summed E-state index contributed by atoms with van der Waals surface area (Å²) < 4.78 is 0. The lowest BCUT2D eigenvalue weighted by molar-refractivity contribution is -0.134. The minimum Gasteiger partial charge on any atom is -0.300 e. The predicted molar refractivity (Wildman–Crippen MR) is 91.3 cm³/mol. The Bertz CT molecular complexity index is 660. The zero-order chi connectivity index (χ0) is 17.3. The number of carbonyl (C=O) groups excluding carboxylic acids is 3. The quantitative estimate of drug-likeness (QED) is 0.733. The van der Waals surface area contributed by atoms with Gasteiger partial charge in [0.2, 0.25) is 0 Å². The third-order valence-electron chi connectivity index (χ3n) is 8.21. The van der Waals surface area contributed by atoms with Crippen LogP contribution in [0.2, 0.25) is 0 Å². The van der Waals surface area contributed by atoms with Crippen molar-refractivity contribution < 1.29 is 14.4 Å². The van der Waals surface area contributed by atoms with Crippen LogP contribution in [0.15, 0.2) is 11.6 Å². The zero-order valence-corrected chi connectivity index (χ0v) is 15.1. The van der Waals surface area contributed by atoms with E-state index in [2.05, 4.69) is 13.8 Å². The lowest BCUT2D eigenvalue weighted by Gasteiger charge is -2.57. The van der Waals surface area contributed by atoms with Crippen LogP contribution >= 0.6 is 0 Å². The minimum atomic E-state index is -0.133. The topological polar surface area (TPSA) is 51.2 Å². The van der Waals surface area contributed by atoms with Crippen LogP contribution in [0, 0.1) is 34.5 Å². The highest BCUT2D eigenvalue weighted by Gasteiger charge is 2.62. The number of fused-ring (bicyclic) bond motifs is 5. The van der Waals surface area contributed by atoms with E-state index in [9.17, 15) is 14.4 Å². The normalized spacial score (nSPS) is 47.5. The Morgan fingerprint density at radius 3 is 2.58 bits per heavy atom. The SMILES string of the molecule is CC(=O)[C@H]1CC(=O)[C@H]2[C@H]3CCC4=CC(=O)CC[C@]4(C)[C@H]3CC[C@@]12C. The molecular formula is C21H28O3. The van der Waals surface area contributed by atoms with Crippen molar-refractivity contribution in [3.05, 3.63) is 11.6 Å². The van der Waals surface area contributed by atoms with Gasteiger partial charge in [-0.25, -0.2) is 0 Å². The van der Waals surface area contributed by atoms with Gasteiger partial charge in [-0.1, -0.05) is 19.4 Å². The van der Waals surface area contributed by atoms with E-state index < -0.39 is 0 Å². The van der Waals surface area contributed by atoms with E-state index in [1.54, 1.807) is 6.92 Å². The molecule has 0 aromatic heterocycles. The van der Waals surface area contributed by atoms with Gasteiger partial charge in [-0.2, -0.15) is 0 Å². The van der Waals surface area contributed by atoms with Crippen molar-refractivity contribution in [2.75, 3.05) is 0 Å². The maximum absolute atomic E-state index is 12.9. The molecule has 0 unspecified atom stereocenters. The molecule has 0 N–H and O–H groups in total. The fourth-order valence-corrected chi connectivity index (χ4v) is 6.96. The van der Waals surface area contributed by atoms with Gasteiger partial charge in [-0.3, -0.25) is 14.4 Å². The number of hydrogen-bond donors (Lipinski definition) is 0. The van der Waals surface area contributed by atoms with Gasteiger partial charge in [0.1, 0.15) is 11.6 Å². The summed E-state index contributed by atoms with van der Waals surface area (Å²) in [4.78, 5) is 36.9. The monoisotopic (exact) mass is 328 g/mol. The minimum absolute atomic E-state index is 0.0566. The molecular weight excluding hydrogens is 300 g/mol. The standard InChI is InChI=1S/C21H28O3/c1-12(22)17-11-18(24)19-15-5-4-13-10-14(23)6-8-20(13,2)16(15)7-9-21(17,19)3/h10,15-17,19H,4-9,11H2,1-3H3/t15-,16-,17+,19+,20-,21-/m0/s1. The molecule has 130 valence electrons. The van der Waals surface area contributed by atoms with E-state index in [1.165, 1.54) is 5.57 Å². The first-order valence-electron chi connectivity index (χ1n) is 9.54. The molecule has 24 heavy (non-hydrogen) atoms. The van der Waals surface area contributed by atoms with Crippen LogP contribution in [0.5, 0.6) is 0 Å². The van der Waals surface area contributed by atoms with Crippen molar-refractivity contribution in [1.29, 1.82) is 0 Å². The average Bonchev–Trinajstić information content (AvgIpc) is 2.80. The van der Waals surface area contributed by atoms with Gasteiger partial charge in [-0.15, -0.1) is 0 Å². The van der Waals surface area contributed by atoms with Crippen LogP contribution in [0.4, 0.5) is 0 Å². The summed E-state index contributed by atoms with van der Waals surface area (Å²) in [7, 11) is 0. The average molecular weight is 328 g/mol. The number of allylic oxidation sites excluding steroid dienone is 1. The molecule has 0 bridgehead atoms. The van der Waals surface area contributed by atoms with Gasteiger partial charge < -0.3 is 0 Å². The number of ketones is 3.